The van der Waals surface area contributed by atoms with Crippen LogP contribution in [0.5, 0.6) is 0 Å². The molecule has 35 heavy (non-hydrogen) atoms. The topological polar surface area (TPSA) is 118 Å². The molecule has 0 aromatic heterocycles. The third-order valence-electron chi connectivity index (χ3n) is 9.31. The average Bonchev–Trinajstić information content (AvgIpc) is 2.77. The SMILES string of the molecule is CC(C)C1=CC2C(C)CC1C(C(=O)OC(=O)C1C3CC(C)C(C=C3C(C)C)C1C(=O)O)C2C(=O)O. The van der Waals surface area contributed by atoms with E-state index in [1.54, 1.807) is 0 Å². The Morgan fingerprint density at radius 2 is 1.06 bits per heavy atom. The molecule has 0 spiro atoms. The van der Waals surface area contributed by atoms with E-state index in [1.807, 2.05) is 53.7 Å². The lowest BCUT2D eigenvalue weighted by Gasteiger charge is -2.50. The van der Waals surface area contributed by atoms with Crippen molar-refractivity contribution in [2.75, 3.05) is 0 Å². The number of aliphatic carboxylic acids is 2. The van der Waals surface area contributed by atoms with E-state index in [2.05, 4.69) is 0 Å². The summed E-state index contributed by atoms with van der Waals surface area (Å²) in [5, 5.41) is 20.0. The summed E-state index contributed by atoms with van der Waals surface area (Å²) in [5.74, 6) is -8.15. The van der Waals surface area contributed by atoms with Crippen LogP contribution in [0.2, 0.25) is 0 Å². The first-order chi connectivity index (χ1) is 16.3. The quantitative estimate of drug-likeness (QED) is 0.324. The van der Waals surface area contributed by atoms with Crippen LogP contribution in [-0.2, 0) is 23.9 Å². The van der Waals surface area contributed by atoms with Gasteiger partial charge < -0.3 is 14.9 Å². The molecule has 0 radical (unpaired) electrons. The molecule has 0 aliphatic heterocycles. The number of carboxylic acids is 2. The number of rotatable bonds is 6. The number of hydrogen-bond acceptors (Lipinski definition) is 5. The first-order valence-corrected chi connectivity index (χ1v) is 13.0. The fourth-order valence-corrected chi connectivity index (χ4v) is 7.74. The second-order valence-corrected chi connectivity index (χ2v) is 12.0. The molecule has 0 heterocycles. The molecule has 6 rings (SSSR count). The van der Waals surface area contributed by atoms with Crippen LogP contribution in [-0.4, -0.2) is 34.1 Å². The summed E-state index contributed by atoms with van der Waals surface area (Å²) in [4.78, 5) is 51.5. The Morgan fingerprint density at radius 3 is 1.34 bits per heavy atom. The highest BCUT2D eigenvalue weighted by Gasteiger charge is 2.57. The monoisotopic (exact) mass is 486 g/mol. The standard InChI is InChI=1S/C28H38O7/c1-11(2)15-9-17-13(5)7-19(15)23(21(17)25(29)30)27(33)35-28(34)24-20-8-14(6)18(22(24)26(31)32)10-16(20)12(3)4/h9-14,17-24H,7-8H2,1-6H3,(H,29,30)(H,31,32). The molecule has 10 atom stereocenters. The Kier molecular flexibility index (Phi) is 6.75. The number of hydrogen-bond donors (Lipinski definition) is 2. The van der Waals surface area contributed by atoms with Gasteiger partial charge in [-0.2, -0.15) is 0 Å². The van der Waals surface area contributed by atoms with Gasteiger partial charge in [0.05, 0.1) is 23.7 Å². The summed E-state index contributed by atoms with van der Waals surface area (Å²) in [6.07, 6.45) is 5.40. The molecule has 6 aliphatic carbocycles. The summed E-state index contributed by atoms with van der Waals surface area (Å²) in [6.45, 7) is 12.1. The minimum atomic E-state index is -1.06. The van der Waals surface area contributed by atoms with Crippen LogP contribution < -0.4 is 0 Å². The molecule has 192 valence electrons. The summed E-state index contributed by atoms with van der Waals surface area (Å²) in [7, 11) is 0. The smallest absolute Gasteiger partial charge is 0.318 e. The zero-order valence-corrected chi connectivity index (χ0v) is 21.4. The van der Waals surface area contributed by atoms with Crippen molar-refractivity contribution in [2.45, 2.75) is 54.4 Å². The minimum absolute atomic E-state index is 0.119. The molecule has 6 aliphatic rings. The zero-order valence-electron chi connectivity index (χ0n) is 21.4. The molecular weight excluding hydrogens is 448 g/mol. The van der Waals surface area contributed by atoms with Gasteiger partial charge in [-0.25, -0.2) is 0 Å². The number of esters is 2. The van der Waals surface area contributed by atoms with Crippen molar-refractivity contribution in [3.8, 4) is 0 Å². The summed E-state index contributed by atoms with van der Waals surface area (Å²) in [5.41, 5.74) is 2.11. The van der Waals surface area contributed by atoms with Gasteiger partial charge >= 0.3 is 23.9 Å². The third-order valence-corrected chi connectivity index (χ3v) is 9.31. The molecule has 0 aromatic rings. The zero-order chi connectivity index (χ0) is 25.9. The minimum Gasteiger partial charge on any atom is -0.481 e. The second-order valence-electron chi connectivity index (χ2n) is 12.0. The van der Waals surface area contributed by atoms with Crippen LogP contribution in [0.15, 0.2) is 23.3 Å². The molecule has 10 unspecified atom stereocenters. The molecule has 2 saturated carbocycles. The van der Waals surface area contributed by atoms with Gasteiger partial charge in [0.25, 0.3) is 0 Å². The van der Waals surface area contributed by atoms with Crippen LogP contribution in [0.25, 0.3) is 0 Å². The highest BCUT2D eigenvalue weighted by atomic mass is 16.6. The van der Waals surface area contributed by atoms with Crippen molar-refractivity contribution >= 4 is 23.9 Å². The summed E-state index contributed by atoms with van der Waals surface area (Å²) >= 11 is 0. The van der Waals surface area contributed by atoms with E-state index in [0.29, 0.717) is 12.8 Å². The molecule has 4 bridgehead atoms. The van der Waals surface area contributed by atoms with Crippen LogP contribution in [0.1, 0.15) is 54.4 Å². The van der Waals surface area contributed by atoms with Crippen LogP contribution in [0.3, 0.4) is 0 Å². The van der Waals surface area contributed by atoms with Crippen molar-refractivity contribution in [1.29, 1.82) is 0 Å². The highest BCUT2D eigenvalue weighted by Crippen LogP contribution is 2.55. The van der Waals surface area contributed by atoms with E-state index in [4.69, 9.17) is 4.74 Å². The molecular formula is C28H38O7. The first-order valence-electron chi connectivity index (χ1n) is 13.0. The molecule has 2 fully saturated rings. The van der Waals surface area contributed by atoms with Gasteiger partial charge in [-0.1, -0.05) is 64.8 Å². The molecule has 7 heteroatoms. The second kappa shape index (κ2) is 9.21. The van der Waals surface area contributed by atoms with Crippen molar-refractivity contribution in [3.05, 3.63) is 23.3 Å². The number of allylic oxidation sites excluding steroid dienone is 4. The van der Waals surface area contributed by atoms with Crippen molar-refractivity contribution in [1.82, 2.24) is 0 Å². The van der Waals surface area contributed by atoms with E-state index >= 15 is 0 Å². The molecule has 7 nitrogen and oxygen atoms in total. The van der Waals surface area contributed by atoms with Crippen LogP contribution in [0, 0.1) is 71.0 Å². The van der Waals surface area contributed by atoms with Gasteiger partial charge in [-0.05, 0) is 60.2 Å². The van der Waals surface area contributed by atoms with E-state index in [9.17, 15) is 29.4 Å². The predicted octanol–water partition coefficient (Wildman–Crippen LogP) is 4.43. The lowest BCUT2D eigenvalue weighted by atomic mass is 9.54. The summed E-state index contributed by atoms with van der Waals surface area (Å²) < 4.78 is 5.46. The van der Waals surface area contributed by atoms with E-state index in [1.165, 1.54) is 0 Å². The number of ether oxygens (including phenoxy) is 1. The van der Waals surface area contributed by atoms with Gasteiger partial charge in [0.2, 0.25) is 0 Å². The average molecular weight is 487 g/mol. The number of carbonyl (C=O) groups is 4. The molecule has 0 aromatic carbocycles. The Balaban J connectivity index is 1.64. The maximum absolute atomic E-state index is 13.5. The lowest BCUT2D eigenvalue weighted by molar-refractivity contribution is -0.181. The predicted molar refractivity (Wildman–Crippen MR) is 128 cm³/mol. The van der Waals surface area contributed by atoms with Crippen molar-refractivity contribution in [3.63, 3.8) is 0 Å². The number of carboxylic acid groups (broad SMARTS) is 2. The lowest BCUT2D eigenvalue weighted by Crippen LogP contribution is -2.53. The van der Waals surface area contributed by atoms with Crippen molar-refractivity contribution < 1.29 is 34.1 Å². The fraction of sp³-hybridized carbons (Fsp3) is 0.714. The first kappa shape index (κ1) is 25.6. The maximum Gasteiger partial charge on any atom is 0.318 e. The van der Waals surface area contributed by atoms with E-state index in [0.717, 1.165) is 11.1 Å². The number of fused-ring (bicyclic) bond motifs is 4. The number of carbonyl (C=O) groups excluding carboxylic acids is 2. The van der Waals surface area contributed by atoms with Gasteiger partial charge in [-0.3, -0.25) is 19.2 Å². The van der Waals surface area contributed by atoms with Gasteiger partial charge in [0.1, 0.15) is 0 Å². The highest BCUT2D eigenvalue weighted by molar-refractivity contribution is 5.93. The summed E-state index contributed by atoms with van der Waals surface area (Å²) in [6, 6.07) is 0. The van der Waals surface area contributed by atoms with Gasteiger partial charge in [0.15, 0.2) is 0 Å². The fourth-order valence-electron chi connectivity index (χ4n) is 7.74. The maximum atomic E-state index is 13.5. The van der Waals surface area contributed by atoms with Crippen molar-refractivity contribution in [2.24, 2.45) is 71.0 Å². The van der Waals surface area contributed by atoms with Crippen LogP contribution >= 0.6 is 0 Å². The molecule has 2 N–H and O–H groups in total. The largest absolute Gasteiger partial charge is 0.481 e. The third kappa shape index (κ3) is 4.15. The van der Waals surface area contributed by atoms with Gasteiger partial charge in [-0.15, -0.1) is 0 Å². The molecule has 0 saturated heterocycles. The normalized spacial score (nSPS) is 39.9. The van der Waals surface area contributed by atoms with Gasteiger partial charge in [0, 0.05) is 0 Å². The Morgan fingerprint density at radius 1 is 0.714 bits per heavy atom. The van der Waals surface area contributed by atoms with Crippen LogP contribution in [0.4, 0.5) is 0 Å². The Bertz CT molecular complexity index is 911. The Labute approximate surface area is 207 Å². The van der Waals surface area contributed by atoms with E-state index in [-0.39, 0.29) is 47.3 Å². The molecule has 0 amide bonds. The van der Waals surface area contributed by atoms with E-state index < -0.39 is 47.5 Å². The Hall–Kier alpha value is -2.44.